The van der Waals surface area contributed by atoms with Crippen molar-refractivity contribution in [1.82, 2.24) is 5.32 Å². The van der Waals surface area contributed by atoms with Gasteiger partial charge in [0.1, 0.15) is 5.82 Å². The van der Waals surface area contributed by atoms with Gasteiger partial charge < -0.3 is 10.1 Å². The lowest BCUT2D eigenvalue weighted by Crippen LogP contribution is -2.39. The molecule has 1 N–H and O–H groups in total. The van der Waals surface area contributed by atoms with E-state index in [2.05, 4.69) is 5.32 Å². The van der Waals surface area contributed by atoms with Crippen molar-refractivity contribution in [3.63, 3.8) is 0 Å². The smallest absolute Gasteiger partial charge is 0.170 e. The van der Waals surface area contributed by atoms with Crippen molar-refractivity contribution in [2.45, 2.75) is 19.9 Å². The van der Waals surface area contributed by atoms with E-state index in [1.807, 2.05) is 6.92 Å². The van der Waals surface area contributed by atoms with E-state index in [4.69, 9.17) is 4.74 Å². The van der Waals surface area contributed by atoms with Crippen LogP contribution in [-0.4, -0.2) is 31.6 Å². The lowest BCUT2D eigenvalue weighted by Gasteiger charge is -2.18. The minimum atomic E-state index is -0.310. The van der Waals surface area contributed by atoms with Crippen LogP contribution in [0.3, 0.4) is 0 Å². The highest BCUT2D eigenvalue weighted by Gasteiger charge is 2.34. The molecule has 0 aliphatic carbocycles. The third-order valence-corrected chi connectivity index (χ3v) is 3.34. The Kier molecular flexibility index (Phi) is 4.09. The molecule has 0 radical (unpaired) electrons. The molecule has 0 saturated carbocycles. The lowest BCUT2D eigenvalue weighted by molar-refractivity contribution is 0.0891. The Morgan fingerprint density at radius 3 is 2.94 bits per heavy atom. The monoisotopic (exact) mass is 251 g/mol. The minimum Gasteiger partial charge on any atom is -0.379 e. The Morgan fingerprint density at radius 1 is 1.50 bits per heavy atom. The molecule has 3 nitrogen and oxygen atoms in total. The zero-order chi connectivity index (χ0) is 13.1. The number of ether oxygens (including phenoxy) is 1. The second-order valence-electron chi connectivity index (χ2n) is 4.63. The van der Waals surface area contributed by atoms with E-state index in [0.717, 1.165) is 6.54 Å². The van der Waals surface area contributed by atoms with E-state index >= 15 is 0 Å². The zero-order valence-corrected chi connectivity index (χ0v) is 10.7. The van der Waals surface area contributed by atoms with Crippen molar-refractivity contribution < 1.29 is 13.9 Å². The number of carbonyl (C=O) groups excluding carboxylic acids is 1. The number of hydrogen-bond acceptors (Lipinski definition) is 3. The quantitative estimate of drug-likeness (QED) is 0.831. The predicted octanol–water partition coefficient (Wildman–Crippen LogP) is 1.94. The molecular formula is C14H18FNO2. The maximum Gasteiger partial charge on any atom is 0.170 e. The molecule has 18 heavy (non-hydrogen) atoms. The van der Waals surface area contributed by atoms with E-state index in [1.165, 1.54) is 12.1 Å². The van der Waals surface area contributed by atoms with Crippen LogP contribution in [0.2, 0.25) is 0 Å². The van der Waals surface area contributed by atoms with Gasteiger partial charge in [0.05, 0.1) is 19.1 Å². The SMILES string of the molecule is CCNC1COCC1C(=O)c1ccc(F)cc1C. The van der Waals surface area contributed by atoms with Crippen molar-refractivity contribution in [1.29, 1.82) is 0 Å². The Hall–Kier alpha value is -1.26. The molecule has 0 bridgehead atoms. The molecule has 1 saturated heterocycles. The number of Topliss-reactive ketones (excluding diaryl/α,β-unsaturated/α-hetero) is 1. The van der Waals surface area contributed by atoms with Gasteiger partial charge in [-0.25, -0.2) is 4.39 Å². The summed E-state index contributed by atoms with van der Waals surface area (Å²) in [5.41, 5.74) is 1.27. The van der Waals surface area contributed by atoms with Gasteiger partial charge in [-0.1, -0.05) is 6.92 Å². The fourth-order valence-corrected chi connectivity index (χ4v) is 2.38. The van der Waals surface area contributed by atoms with Gasteiger partial charge in [-0.05, 0) is 37.2 Å². The van der Waals surface area contributed by atoms with Crippen LogP contribution in [0.15, 0.2) is 18.2 Å². The summed E-state index contributed by atoms with van der Waals surface area (Å²) in [6.45, 7) is 5.56. The van der Waals surface area contributed by atoms with Crippen molar-refractivity contribution >= 4 is 5.78 Å². The first-order valence-electron chi connectivity index (χ1n) is 6.25. The summed E-state index contributed by atoms with van der Waals surface area (Å²) in [5.74, 6) is -0.444. The van der Waals surface area contributed by atoms with Gasteiger partial charge in [0, 0.05) is 11.6 Å². The summed E-state index contributed by atoms with van der Waals surface area (Å²) >= 11 is 0. The second-order valence-corrected chi connectivity index (χ2v) is 4.63. The van der Waals surface area contributed by atoms with Crippen molar-refractivity contribution in [3.8, 4) is 0 Å². The van der Waals surface area contributed by atoms with Gasteiger partial charge in [-0.2, -0.15) is 0 Å². The Balaban J connectivity index is 2.20. The van der Waals surface area contributed by atoms with E-state index < -0.39 is 0 Å². The topological polar surface area (TPSA) is 38.3 Å². The van der Waals surface area contributed by atoms with E-state index in [9.17, 15) is 9.18 Å². The third-order valence-electron chi connectivity index (χ3n) is 3.34. The fraction of sp³-hybridized carbons (Fsp3) is 0.500. The maximum absolute atomic E-state index is 13.0. The number of nitrogens with one attached hydrogen (secondary N) is 1. The van der Waals surface area contributed by atoms with E-state index in [0.29, 0.717) is 24.3 Å². The summed E-state index contributed by atoms with van der Waals surface area (Å²) in [6.07, 6.45) is 0. The van der Waals surface area contributed by atoms with Crippen LogP contribution in [-0.2, 0) is 4.74 Å². The first kappa shape index (κ1) is 13.2. The molecule has 1 heterocycles. The molecule has 98 valence electrons. The van der Waals surface area contributed by atoms with Gasteiger partial charge in [0.25, 0.3) is 0 Å². The molecule has 1 aliphatic rings. The summed E-state index contributed by atoms with van der Waals surface area (Å²) in [7, 11) is 0. The van der Waals surface area contributed by atoms with Crippen LogP contribution >= 0.6 is 0 Å². The highest BCUT2D eigenvalue weighted by atomic mass is 19.1. The third kappa shape index (κ3) is 2.60. The highest BCUT2D eigenvalue weighted by Crippen LogP contribution is 2.21. The predicted molar refractivity (Wildman–Crippen MR) is 67.2 cm³/mol. The average molecular weight is 251 g/mol. The summed E-state index contributed by atoms with van der Waals surface area (Å²) in [5, 5.41) is 3.26. The fourth-order valence-electron chi connectivity index (χ4n) is 2.38. The Labute approximate surface area is 106 Å². The number of likely N-dealkylation sites (N-methyl/N-ethyl adjacent to an activating group) is 1. The zero-order valence-electron chi connectivity index (χ0n) is 10.7. The summed E-state index contributed by atoms with van der Waals surface area (Å²) in [6, 6.07) is 4.35. The summed E-state index contributed by atoms with van der Waals surface area (Å²) < 4.78 is 18.4. The Morgan fingerprint density at radius 2 is 2.28 bits per heavy atom. The highest BCUT2D eigenvalue weighted by molar-refractivity contribution is 5.99. The van der Waals surface area contributed by atoms with Crippen LogP contribution < -0.4 is 5.32 Å². The van der Waals surface area contributed by atoms with Crippen LogP contribution in [0.1, 0.15) is 22.8 Å². The normalized spacial score (nSPS) is 23.3. The molecule has 0 spiro atoms. The maximum atomic E-state index is 13.0. The number of hydrogen-bond donors (Lipinski definition) is 1. The number of benzene rings is 1. The molecule has 2 rings (SSSR count). The van der Waals surface area contributed by atoms with Gasteiger partial charge in [-0.3, -0.25) is 4.79 Å². The minimum absolute atomic E-state index is 0.0379. The number of rotatable bonds is 4. The summed E-state index contributed by atoms with van der Waals surface area (Å²) in [4.78, 5) is 12.4. The molecule has 1 aromatic rings. The number of carbonyl (C=O) groups is 1. The average Bonchev–Trinajstić information content (AvgIpc) is 2.77. The molecule has 1 aromatic carbocycles. The van der Waals surface area contributed by atoms with Gasteiger partial charge >= 0.3 is 0 Å². The Bertz CT molecular complexity index is 447. The largest absolute Gasteiger partial charge is 0.379 e. The van der Waals surface area contributed by atoms with Crippen LogP contribution in [0.5, 0.6) is 0 Å². The molecule has 1 fully saturated rings. The number of ketones is 1. The van der Waals surface area contributed by atoms with Gasteiger partial charge in [0.2, 0.25) is 0 Å². The second kappa shape index (κ2) is 5.59. The standard InChI is InChI=1S/C14H18FNO2/c1-3-16-13-8-18-7-12(13)14(17)11-5-4-10(15)6-9(11)2/h4-6,12-13,16H,3,7-8H2,1-2H3. The van der Waals surface area contributed by atoms with Crippen LogP contribution in [0.4, 0.5) is 4.39 Å². The molecule has 1 aliphatic heterocycles. The number of aryl methyl sites for hydroxylation is 1. The molecule has 2 unspecified atom stereocenters. The molecular weight excluding hydrogens is 233 g/mol. The number of halogens is 1. The van der Waals surface area contributed by atoms with Crippen molar-refractivity contribution in [3.05, 3.63) is 35.1 Å². The molecule has 4 heteroatoms. The van der Waals surface area contributed by atoms with Crippen LogP contribution in [0, 0.1) is 18.7 Å². The molecule has 2 atom stereocenters. The van der Waals surface area contributed by atoms with Gasteiger partial charge in [0.15, 0.2) is 5.78 Å². The first-order chi connectivity index (χ1) is 8.63. The van der Waals surface area contributed by atoms with E-state index in [1.54, 1.807) is 13.0 Å². The molecule has 0 aromatic heterocycles. The van der Waals surface area contributed by atoms with Crippen molar-refractivity contribution in [2.24, 2.45) is 5.92 Å². The first-order valence-corrected chi connectivity index (χ1v) is 6.25. The van der Waals surface area contributed by atoms with Crippen LogP contribution in [0.25, 0.3) is 0 Å². The van der Waals surface area contributed by atoms with Crippen molar-refractivity contribution in [2.75, 3.05) is 19.8 Å². The molecule has 0 amide bonds. The van der Waals surface area contributed by atoms with Gasteiger partial charge in [-0.15, -0.1) is 0 Å². The van der Waals surface area contributed by atoms with E-state index in [-0.39, 0.29) is 23.6 Å². The lowest BCUT2D eigenvalue weighted by atomic mass is 9.91.